The van der Waals surface area contributed by atoms with Crippen LogP contribution in [-0.4, -0.2) is 36.3 Å². The Labute approximate surface area is 306 Å². The van der Waals surface area contributed by atoms with Gasteiger partial charge in [0.15, 0.2) is 13.3 Å². The minimum Gasteiger partial charge on any atom is -0.250 e. The van der Waals surface area contributed by atoms with E-state index >= 15 is 30.7 Å². The Bertz CT molecular complexity index is 1090. The van der Waals surface area contributed by atoms with Crippen LogP contribution in [0.2, 0.25) is 0 Å². The van der Waals surface area contributed by atoms with E-state index < -0.39 is 76.3 Å². The van der Waals surface area contributed by atoms with Crippen LogP contribution in [0.15, 0.2) is 36.5 Å². The van der Waals surface area contributed by atoms with Crippen molar-refractivity contribution in [1.82, 2.24) is 0 Å². The monoisotopic (exact) mass is 741 g/mol. The zero-order chi connectivity index (χ0) is 39.6. The smallest absolute Gasteiger partial charge is 0.250 e. The van der Waals surface area contributed by atoms with Gasteiger partial charge < -0.3 is 0 Å². The molecule has 50 heavy (non-hydrogen) atoms. The molecule has 0 saturated heterocycles. The predicted molar refractivity (Wildman–Crippen MR) is 208 cm³/mol. The van der Waals surface area contributed by atoms with E-state index in [0.29, 0.717) is 19.3 Å². The first kappa shape index (κ1) is 49.2. The van der Waals surface area contributed by atoms with Crippen LogP contribution in [0.25, 0.3) is 0 Å². The van der Waals surface area contributed by atoms with Gasteiger partial charge in [0.2, 0.25) is 5.92 Å². The van der Waals surface area contributed by atoms with Gasteiger partial charge in [0.25, 0.3) is 5.92 Å². The molecular formula is C41H73BF7P. The van der Waals surface area contributed by atoms with Crippen LogP contribution in [0.4, 0.5) is 30.7 Å². The number of halogens is 7. The predicted octanol–water partition coefficient (Wildman–Crippen LogP) is 14.5. The molecule has 0 bridgehead atoms. The molecule has 0 aliphatic heterocycles. The highest BCUT2D eigenvalue weighted by atomic mass is 31.0. The summed E-state index contributed by atoms with van der Waals surface area (Å²) in [6.07, 6.45) is 5.45. The number of hydrogen-bond donors (Lipinski definition) is 0. The van der Waals surface area contributed by atoms with Gasteiger partial charge in [-0.25, -0.2) is 26.3 Å². The summed E-state index contributed by atoms with van der Waals surface area (Å²) in [5.74, 6) is -7.29. The molecule has 0 fully saturated rings. The maximum absolute atomic E-state index is 16.6. The number of unbranched alkanes of at least 4 members (excludes halogenated alkanes) is 7. The lowest BCUT2D eigenvalue weighted by Gasteiger charge is -2.51. The molecule has 0 N–H and O–H groups in total. The van der Waals surface area contributed by atoms with Gasteiger partial charge in [0, 0.05) is 30.1 Å². The van der Waals surface area contributed by atoms with E-state index in [-0.39, 0.29) is 12.8 Å². The topological polar surface area (TPSA) is 0 Å². The van der Waals surface area contributed by atoms with Crippen LogP contribution >= 0.6 is 9.24 Å². The molecular weight excluding hydrogens is 667 g/mol. The van der Waals surface area contributed by atoms with Gasteiger partial charge in [-0.1, -0.05) is 120 Å². The van der Waals surface area contributed by atoms with Gasteiger partial charge in [-0.05, 0) is 83.5 Å². The third kappa shape index (κ3) is 15.3. The van der Waals surface area contributed by atoms with Crippen LogP contribution in [0.1, 0.15) is 172 Å². The van der Waals surface area contributed by atoms with Crippen molar-refractivity contribution in [3.05, 3.63) is 36.5 Å². The Kier molecular flexibility index (Phi) is 18.7. The zero-order valence-corrected chi connectivity index (χ0v) is 34.9. The van der Waals surface area contributed by atoms with Crippen LogP contribution in [0, 0.1) is 22.2 Å². The van der Waals surface area contributed by atoms with Crippen molar-refractivity contribution >= 4 is 17.1 Å². The lowest BCUT2D eigenvalue weighted by Crippen LogP contribution is -2.57. The average Bonchev–Trinajstić information content (AvgIpc) is 2.91. The summed E-state index contributed by atoms with van der Waals surface area (Å²) in [6, 6.07) is 0. The summed E-state index contributed by atoms with van der Waals surface area (Å²) in [4.78, 5) is 0. The Hall–Kier alpha value is -0.775. The molecule has 0 aliphatic rings. The first-order chi connectivity index (χ1) is 22.3. The maximum Gasteiger partial charge on any atom is 0.253 e. The van der Waals surface area contributed by atoms with Crippen molar-refractivity contribution in [1.29, 1.82) is 0 Å². The van der Waals surface area contributed by atoms with E-state index in [2.05, 4.69) is 19.7 Å². The Morgan fingerprint density at radius 2 is 1.06 bits per heavy atom. The van der Waals surface area contributed by atoms with Crippen LogP contribution < -0.4 is 0 Å². The van der Waals surface area contributed by atoms with E-state index in [1.54, 1.807) is 20.8 Å². The Balaban J connectivity index is 5.45. The normalized spacial score (nSPS) is 17.8. The lowest BCUT2D eigenvalue weighted by molar-refractivity contribution is -0.145. The van der Waals surface area contributed by atoms with Crippen molar-refractivity contribution in [3.63, 3.8) is 0 Å². The van der Waals surface area contributed by atoms with Crippen molar-refractivity contribution in [3.8, 4) is 0 Å². The van der Waals surface area contributed by atoms with Gasteiger partial charge >= 0.3 is 0 Å². The van der Waals surface area contributed by atoms with Gasteiger partial charge in [-0.15, -0.1) is 6.58 Å². The fraction of sp³-hybridized carbons (Fsp3) is 0.854. The molecule has 0 amide bonds. The fourth-order valence-electron chi connectivity index (χ4n) is 7.60. The summed E-state index contributed by atoms with van der Waals surface area (Å²) < 4.78 is 111. The molecule has 0 spiro atoms. The number of alkyl halides is 7. The molecule has 0 saturated carbocycles. The summed E-state index contributed by atoms with van der Waals surface area (Å²) in [5, 5.41) is -2.78. The molecule has 5 atom stereocenters. The molecule has 0 radical (unpaired) electrons. The highest BCUT2D eigenvalue weighted by Gasteiger charge is 2.61. The SMILES string of the molecule is BC(F)(CC(C)(C)C(C)C(C)(F)CC(C)(C)C(F)(F)CCCCCCCCC(=C)C(=C)C)C(F)(P)C(C)(C)CC(F)(F)CCCCCC(=C)C. The van der Waals surface area contributed by atoms with Crippen LogP contribution in [0.5, 0.6) is 0 Å². The summed E-state index contributed by atoms with van der Waals surface area (Å²) in [6.45, 7) is 26.9. The maximum atomic E-state index is 16.6. The van der Waals surface area contributed by atoms with E-state index in [9.17, 15) is 0 Å². The molecule has 0 aromatic carbocycles. The van der Waals surface area contributed by atoms with Crippen molar-refractivity contribution in [2.24, 2.45) is 22.2 Å². The standard InChI is InChI=1S/C41H73BF7P/c1-30(2)23-19-18-21-25-38(44,45)29-36(11,12)41(49,50)39(42,46)27-34(7,8)33(6)37(13,43)28-35(9,10)40(47,48)26-22-17-15-14-16-20-24-32(5)31(3)4/h33H,1,3,5,14-29,42,50H2,2,4,6-13H3. The third-order valence-electron chi connectivity index (χ3n) is 11.6. The second-order valence-electron chi connectivity index (χ2n) is 18.3. The fourth-order valence-corrected chi connectivity index (χ4v) is 7.80. The molecule has 0 heterocycles. The van der Waals surface area contributed by atoms with Crippen molar-refractivity contribution < 1.29 is 30.7 Å². The van der Waals surface area contributed by atoms with Gasteiger partial charge in [0.05, 0.1) is 0 Å². The van der Waals surface area contributed by atoms with E-state index in [4.69, 9.17) is 0 Å². The van der Waals surface area contributed by atoms with Crippen molar-refractivity contribution in [2.75, 3.05) is 0 Å². The molecule has 0 aromatic rings. The quantitative estimate of drug-likeness (QED) is 0.0196. The minimum atomic E-state index is -3.20. The second kappa shape index (κ2) is 19.0. The molecule has 0 aliphatic carbocycles. The molecule has 0 aromatic heterocycles. The van der Waals surface area contributed by atoms with Gasteiger partial charge in [-0.3, -0.25) is 4.39 Å². The van der Waals surface area contributed by atoms with Gasteiger partial charge in [0.1, 0.15) is 11.2 Å². The summed E-state index contributed by atoms with van der Waals surface area (Å²) in [7, 11) is 2.89. The first-order valence-corrected chi connectivity index (χ1v) is 19.4. The zero-order valence-electron chi connectivity index (χ0n) is 33.7. The Morgan fingerprint density at radius 3 is 1.56 bits per heavy atom. The largest absolute Gasteiger partial charge is 0.253 e. The highest BCUT2D eigenvalue weighted by molar-refractivity contribution is 7.19. The number of allylic oxidation sites excluding steroid dienone is 3. The van der Waals surface area contributed by atoms with Gasteiger partial charge in [-0.2, -0.15) is 0 Å². The van der Waals surface area contributed by atoms with Crippen LogP contribution in [-0.2, 0) is 0 Å². The van der Waals surface area contributed by atoms with E-state index in [1.807, 2.05) is 23.1 Å². The lowest BCUT2D eigenvalue weighted by atomic mass is 9.57. The molecule has 0 rings (SSSR count). The second-order valence-corrected chi connectivity index (χ2v) is 19.1. The molecule has 0 nitrogen and oxygen atoms in total. The first-order valence-electron chi connectivity index (χ1n) is 18.9. The summed E-state index contributed by atoms with van der Waals surface area (Å²) in [5.41, 5.74) is -6.46. The average molecular weight is 741 g/mol. The third-order valence-corrected chi connectivity index (χ3v) is 12.9. The van der Waals surface area contributed by atoms with E-state index in [1.165, 1.54) is 34.6 Å². The minimum absolute atomic E-state index is 0.266. The highest BCUT2D eigenvalue weighted by Crippen LogP contribution is 2.58. The van der Waals surface area contributed by atoms with E-state index in [0.717, 1.165) is 69.5 Å². The van der Waals surface area contributed by atoms with Crippen molar-refractivity contribution in [2.45, 2.75) is 200 Å². The molecule has 294 valence electrons. The summed E-state index contributed by atoms with van der Waals surface area (Å²) >= 11 is 0. The molecule has 9 heteroatoms. The number of rotatable bonds is 27. The number of hydrogen-bond acceptors (Lipinski definition) is 0. The Morgan fingerprint density at radius 1 is 0.620 bits per heavy atom. The van der Waals surface area contributed by atoms with Crippen LogP contribution in [0.3, 0.4) is 0 Å². The molecule has 5 unspecified atom stereocenters.